The van der Waals surface area contributed by atoms with E-state index in [0.717, 1.165) is 0 Å². The highest BCUT2D eigenvalue weighted by Crippen LogP contribution is 2.22. The molecule has 0 saturated heterocycles. The van der Waals surface area contributed by atoms with Crippen molar-refractivity contribution in [3.8, 4) is 5.75 Å². The molecule has 0 aromatic heterocycles. The molecule has 3 heteroatoms. The maximum Gasteiger partial charge on any atom is 0.308 e. The maximum atomic E-state index is 10.5. The Morgan fingerprint density at radius 2 is 2.45 bits per heavy atom. The van der Waals surface area contributed by atoms with Crippen LogP contribution in [0.2, 0.25) is 5.02 Å². The molecule has 0 fully saturated rings. The first-order valence-electron chi connectivity index (χ1n) is 3.04. The Balaban J connectivity index is 2.86. The van der Waals surface area contributed by atoms with Crippen LogP contribution in [0, 0.1) is 6.07 Å². The monoisotopic (exact) mass is 169 g/mol. The van der Waals surface area contributed by atoms with Gasteiger partial charge in [-0.25, -0.2) is 0 Å². The van der Waals surface area contributed by atoms with Gasteiger partial charge in [0.1, 0.15) is 5.75 Å². The van der Waals surface area contributed by atoms with E-state index in [1.54, 1.807) is 12.1 Å². The molecule has 0 aliphatic heterocycles. The van der Waals surface area contributed by atoms with Crippen molar-refractivity contribution in [2.75, 3.05) is 0 Å². The summed E-state index contributed by atoms with van der Waals surface area (Å²) in [5.74, 6) is -0.0341. The zero-order valence-corrected chi connectivity index (χ0v) is 6.68. The van der Waals surface area contributed by atoms with Crippen molar-refractivity contribution in [3.63, 3.8) is 0 Å². The molecule has 0 amide bonds. The molecule has 57 valence electrons. The van der Waals surface area contributed by atoms with Gasteiger partial charge in [-0.05, 0) is 18.2 Å². The van der Waals surface area contributed by atoms with E-state index in [9.17, 15) is 4.79 Å². The average molecular weight is 170 g/mol. The number of carbonyl (C=O) groups excluding carboxylic acids is 1. The first kappa shape index (κ1) is 8.08. The third kappa shape index (κ3) is 2.24. The van der Waals surface area contributed by atoms with E-state index in [-0.39, 0.29) is 5.97 Å². The topological polar surface area (TPSA) is 26.3 Å². The first-order chi connectivity index (χ1) is 5.20. The van der Waals surface area contributed by atoms with Crippen molar-refractivity contribution in [3.05, 3.63) is 29.3 Å². The van der Waals surface area contributed by atoms with E-state index in [1.165, 1.54) is 13.0 Å². The molecule has 0 saturated carbocycles. The van der Waals surface area contributed by atoms with Gasteiger partial charge in [0.25, 0.3) is 0 Å². The van der Waals surface area contributed by atoms with E-state index in [2.05, 4.69) is 6.07 Å². The second-order valence-electron chi connectivity index (χ2n) is 1.95. The van der Waals surface area contributed by atoms with E-state index in [4.69, 9.17) is 16.3 Å². The minimum atomic E-state index is -0.383. The quantitative estimate of drug-likeness (QED) is 0.475. The molecule has 1 aromatic rings. The lowest BCUT2D eigenvalue weighted by atomic mass is 10.3. The second kappa shape index (κ2) is 3.39. The predicted octanol–water partition coefficient (Wildman–Crippen LogP) is 2.07. The molecule has 1 radical (unpaired) electrons. The zero-order chi connectivity index (χ0) is 8.27. The summed E-state index contributed by atoms with van der Waals surface area (Å²) in [6.07, 6.45) is 0. The Morgan fingerprint density at radius 3 is 3.00 bits per heavy atom. The minimum absolute atomic E-state index is 0.349. The van der Waals surface area contributed by atoms with Crippen LogP contribution >= 0.6 is 11.6 Å². The SMILES string of the molecule is CC(=O)Oc1c[c]ccc1Cl. The Morgan fingerprint density at radius 1 is 1.73 bits per heavy atom. The summed E-state index contributed by atoms with van der Waals surface area (Å²) in [5, 5.41) is 0.416. The van der Waals surface area contributed by atoms with Gasteiger partial charge in [0.05, 0.1) is 5.02 Å². The number of halogens is 1. The number of rotatable bonds is 1. The van der Waals surface area contributed by atoms with Crippen LogP contribution in [-0.4, -0.2) is 5.97 Å². The Kier molecular flexibility index (Phi) is 2.49. The van der Waals surface area contributed by atoms with E-state index < -0.39 is 0 Å². The molecule has 0 unspecified atom stereocenters. The standard InChI is InChI=1S/C8H6ClO2/c1-6(10)11-8-5-3-2-4-7(8)9/h2,4-5H,1H3. The molecule has 0 bridgehead atoms. The third-order valence-corrected chi connectivity index (χ3v) is 1.34. The van der Waals surface area contributed by atoms with E-state index in [1.807, 2.05) is 0 Å². The van der Waals surface area contributed by atoms with Crippen LogP contribution in [0.4, 0.5) is 0 Å². The highest BCUT2D eigenvalue weighted by Gasteiger charge is 2.01. The maximum absolute atomic E-state index is 10.5. The van der Waals surface area contributed by atoms with Gasteiger partial charge in [0, 0.05) is 6.92 Å². The molecule has 0 atom stereocenters. The van der Waals surface area contributed by atoms with Crippen LogP contribution in [0.5, 0.6) is 5.75 Å². The van der Waals surface area contributed by atoms with Crippen LogP contribution in [-0.2, 0) is 4.79 Å². The molecule has 1 rings (SSSR count). The normalized spacial score (nSPS) is 9.27. The highest BCUT2D eigenvalue weighted by molar-refractivity contribution is 6.32. The van der Waals surface area contributed by atoms with Gasteiger partial charge in [-0.1, -0.05) is 17.7 Å². The Hall–Kier alpha value is -1.02. The lowest BCUT2D eigenvalue weighted by Gasteiger charge is -2.00. The van der Waals surface area contributed by atoms with Crippen LogP contribution in [0.15, 0.2) is 18.2 Å². The van der Waals surface area contributed by atoms with Crippen molar-refractivity contribution in [1.29, 1.82) is 0 Å². The van der Waals surface area contributed by atoms with Crippen molar-refractivity contribution in [2.45, 2.75) is 6.92 Å². The zero-order valence-electron chi connectivity index (χ0n) is 5.93. The summed E-state index contributed by atoms with van der Waals surface area (Å²) in [5.41, 5.74) is 0. The second-order valence-corrected chi connectivity index (χ2v) is 2.36. The lowest BCUT2D eigenvalue weighted by molar-refractivity contribution is -0.131. The summed E-state index contributed by atoms with van der Waals surface area (Å²) in [6, 6.07) is 7.52. The fraction of sp³-hybridized carbons (Fsp3) is 0.125. The lowest BCUT2D eigenvalue weighted by Crippen LogP contribution is -2.01. The van der Waals surface area contributed by atoms with Crippen molar-refractivity contribution in [1.82, 2.24) is 0 Å². The summed E-state index contributed by atoms with van der Waals surface area (Å²) in [7, 11) is 0. The summed E-state index contributed by atoms with van der Waals surface area (Å²) >= 11 is 5.67. The minimum Gasteiger partial charge on any atom is -0.425 e. The molecule has 11 heavy (non-hydrogen) atoms. The average Bonchev–Trinajstić information content (AvgIpc) is 1.93. The fourth-order valence-electron chi connectivity index (χ4n) is 0.629. The van der Waals surface area contributed by atoms with Gasteiger partial charge in [0.15, 0.2) is 0 Å². The smallest absolute Gasteiger partial charge is 0.308 e. The Labute approximate surface area is 69.7 Å². The highest BCUT2D eigenvalue weighted by atomic mass is 35.5. The molecule has 0 heterocycles. The third-order valence-electron chi connectivity index (χ3n) is 1.03. The molecular weight excluding hydrogens is 164 g/mol. The van der Waals surface area contributed by atoms with Crippen LogP contribution in [0.1, 0.15) is 6.92 Å². The van der Waals surface area contributed by atoms with Crippen molar-refractivity contribution in [2.24, 2.45) is 0 Å². The number of benzene rings is 1. The van der Waals surface area contributed by atoms with Crippen LogP contribution in [0.3, 0.4) is 0 Å². The molecule has 0 N–H and O–H groups in total. The van der Waals surface area contributed by atoms with Crippen LogP contribution < -0.4 is 4.74 Å². The Bertz CT molecular complexity index is 271. The number of hydrogen-bond donors (Lipinski definition) is 0. The predicted molar refractivity (Wildman–Crippen MR) is 41.6 cm³/mol. The number of carbonyl (C=O) groups is 1. The summed E-state index contributed by atoms with van der Waals surface area (Å²) in [4.78, 5) is 10.5. The molecule has 0 aliphatic rings. The first-order valence-corrected chi connectivity index (χ1v) is 3.42. The summed E-state index contributed by atoms with van der Waals surface area (Å²) in [6.45, 7) is 1.32. The van der Waals surface area contributed by atoms with Gasteiger partial charge in [-0.2, -0.15) is 0 Å². The molecule has 0 spiro atoms. The van der Waals surface area contributed by atoms with Gasteiger partial charge < -0.3 is 4.74 Å². The summed E-state index contributed by atoms with van der Waals surface area (Å²) < 4.78 is 4.74. The van der Waals surface area contributed by atoms with E-state index >= 15 is 0 Å². The number of ether oxygens (including phenoxy) is 1. The molecule has 1 aromatic carbocycles. The van der Waals surface area contributed by atoms with Crippen LogP contribution in [0.25, 0.3) is 0 Å². The van der Waals surface area contributed by atoms with Gasteiger partial charge in [-0.15, -0.1) is 0 Å². The van der Waals surface area contributed by atoms with Gasteiger partial charge >= 0.3 is 5.97 Å². The molecular formula is C8H6ClO2. The van der Waals surface area contributed by atoms with Crippen molar-refractivity contribution < 1.29 is 9.53 Å². The van der Waals surface area contributed by atoms with Gasteiger partial charge in [-0.3, -0.25) is 4.79 Å². The fourth-order valence-corrected chi connectivity index (χ4v) is 0.785. The molecule has 2 nitrogen and oxygen atoms in total. The van der Waals surface area contributed by atoms with Gasteiger partial charge in [0.2, 0.25) is 0 Å². The number of hydrogen-bond acceptors (Lipinski definition) is 2. The van der Waals surface area contributed by atoms with Crippen molar-refractivity contribution >= 4 is 17.6 Å². The number of esters is 1. The molecule has 0 aliphatic carbocycles. The van der Waals surface area contributed by atoms with E-state index in [0.29, 0.717) is 10.8 Å². The largest absolute Gasteiger partial charge is 0.425 e.